The quantitative estimate of drug-likeness (QED) is 0.766. The first-order chi connectivity index (χ1) is 7.13. The van der Waals surface area contributed by atoms with Crippen LogP contribution in [-0.4, -0.2) is 23.8 Å². The molecule has 0 amide bonds. The summed E-state index contributed by atoms with van der Waals surface area (Å²) >= 11 is 0. The summed E-state index contributed by atoms with van der Waals surface area (Å²) in [5, 5.41) is 8.61. The van der Waals surface area contributed by atoms with Gasteiger partial charge in [-0.15, -0.1) is 0 Å². The number of nitrogens with two attached hydrogens (primary N) is 1. The summed E-state index contributed by atoms with van der Waals surface area (Å²) in [6.07, 6.45) is 0.691. The normalized spacial score (nSPS) is 12.4. The number of aryl methyl sites for hydroxylation is 1. The number of carboxylic acid groups (broad SMARTS) is 1. The molecule has 0 fully saturated rings. The van der Waals surface area contributed by atoms with E-state index in [9.17, 15) is 9.18 Å². The Morgan fingerprint density at radius 3 is 2.33 bits per heavy atom. The number of benzene rings is 1. The highest BCUT2D eigenvalue weighted by Gasteiger charge is 2.11. The molecule has 15 heavy (non-hydrogen) atoms. The predicted octanol–water partition coefficient (Wildman–Crippen LogP) is 1.15. The molecule has 1 unspecified atom stereocenters. The third-order valence-corrected chi connectivity index (χ3v) is 2.18. The zero-order valence-electron chi connectivity index (χ0n) is 8.32. The average Bonchev–Trinajstić information content (AvgIpc) is 2.21. The molecule has 3 N–H and O–H groups in total. The third kappa shape index (κ3) is 3.67. The molecule has 1 rings (SSSR count). The highest BCUT2D eigenvalue weighted by atomic mass is 18.2. The molecule has 82 valence electrons. The van der Waals surface area contributed by atoms with Crippen LogP contribution < -0.4 is 5.73 Å². The lowest BCUT2D eigenvalue weighted by molar-refractivity contribution is -0.138. The molecule has 0 radical (unpaired) electrons. The van der Waals surface area contributed by atoms with Crippen LogP contribution in [0.3, 0.4) is 0 Å². The molecule has 3 nitrogen and oxygen atoms in total. The van der Waals surface area contributed by atoms with Crippen LogP contribution in [-0.2, 0) is 17.6 Å². The highest BCUT2D eigenvalue weighted by molar-refractivity contribution is 5.73. The number of halogens is 1. The van der Waals surface area contributed by atoms with Crippen LogP contribution in [0.15, 0.2) is 24.3 Å². The molecule has 1 aromatic rings. The summed E-state index contributed by atoms with van der Waals surface area (Å²) in [5.41, 5.74) is 7.15. The Labute approximate surface area is 87.7 Å². The van der Waals surface area contributed by atoms with E-state index in [4.69, 9.17) is 10.8 Å². The summed E-state index contributed by atoms with van der Waals surface area (Å²) in [4.78, 5) is 10.5. The van der Waals surface area contributed by atoms with Gasteiger partial charge in [0.05, 0.1) is 6.67 Å². The summed E-state index contributed by atoms with van der Waals surface area (Å²) in [6.45, 7) is -0.381. The van der Waals surface area contributed by atoms with Crippen molar-refractivity contribution in [2.75, 3.05) is 6.67 Å². The third-order valence-electron chi connectivity index (χ3n) is 2.18. The second-order valence-corrected chi connectivity index (χ2v) is 3.40. The highest BCUT2D eigenvalue weighted by Crippen LogP contribution is 2.07. The van der Waals surface area contributed by atoms with Crippen molar-refractivity contribution in [3.8, 4) is 0 Å². The van der Waals surface area contributed by atoms with E-state index >= 15 is 0 Å². The van der Waals surface area contributed by atoms with Gasteiger partial charge in [-0.05, 0) is 17.5 Å². The smallest absolute Gasteiger partial charge is 0.320 e. The molecule has 0 spiro atoms. The van der Waals surface area contributed by atoms with Gasteiger partial charge in [-0.3, -0.25) is 9.18 Å². The van der Waals surface area contributed by atoms with Gasteiger partial charge in [-0.25, -0.2) is 0 Å². The summed E-state index contributed by atoms with van der Waals surface area (Å²) in [7, 11) is 0. The lowest BCUT2D eigenvalue weighted by atomic mass is 10.0. The predicted molar refractivity (Wildman–Crippen MR) is 55.4 cm³/mol. The Balaban J connectivity index is 2.60. The number of hydrogen-bond donors (Lipinski definition) is 2. The second kappa shape index (κ2) is 5.46. The van der Waals surface area contributed by atoms with Crippen molar-refractivity contribution >= 4 is 5.97 Å². The van der Waals surface area contributed by atoms with Crippen LogP contribution in [0.25, 0.3) is 0 Å². The van der Waals surface area contributed by atoms with Gasteiger partial charge in [0, 0.05) is 6.42 Å². The Kier molecular flexibility index (Phi) is 4.24. The zero-order chi connectivity index (χ0) is 11.3. The van der Waals surface area contributed by atoms with Crippen molar-refractivity contribution in [2.24, 2.45) is 5.73 Å². The fourth-order valence-electron chi connectivity index (χ4n) is 1.29. The van der Waals surface area contributed by atoms with E-state index in [1.54, 1.807) is 24.3 Å². The minimum absolute atomic E-state index is 0.297. The van der Waals surface area contributed by atoms with Gasteiger partial charge in [0.15, 0.2) is 0 Å². The van der Waals surface area contributed by atoms with Crippen LogP contribution in [0.1, 0.15) is 11.1 Å². The molecular formula is C11H14FNO2. The Morgan fingerprint density at radius 1 is 1.33 bits per heavy atom. The molecule has 0 bridgehead atoms. The summed E-state index contributed by atoms with van der Waals surface area (Å²) in [5.74, 6) is -1.01. The van der Waals surface area contributed by atoms with Gasteiger partial charge in [0.25, 0.3) is 0 Å². The van der Waals surface area contributed by atoms with Gasteiger partial charge in [0.1, 0.15) is 6.04 Å². The number of carboxylic acids is 1. The van der Waals surface area contributed by atoms with E-state index < -0.39 is 12.0 Å². The maximum absolute atomic E-state index is 12.0. The zero-order valence-corrected chi connectivity index (χ0v) is 8.32. The van der Waals surface area contributed by atoms with Crippen molar-refractivity contribution in [3.05, 3.63) is 35.4 Å². The Hall–Kier alpha value is -1.42. The van der Waals surface area contributed by atoms with Crippen molar-refractivity contribution in [3.63, 3.8) is 0 Å². The Bertz CT molecular complexity index is 324. The van der Waals surface area contributed by atoms with Crippen molar-refractivity contribution in [1.82, 2.24) is 0 Å². The fraction of sp³-hybridized carbons (Fsp3) is 0.364. The van der Waals surface area contributed by atoms with Crippen molar-refractivity contribution < 1.29 is 14.3 Å². The first-order valence-corrected chi connectivity index (χ1v) is 4.75. The average molecular weight is 210 g/mol. The molecule has 0 saturated carbocycles. The van der Waals surface area contributed by atoms with E-state index in [0.717, 1.165) is 11.1 Å². The molecule has 0 heterocycles. The molecule has 4 heteroatoms. The summed E-state index contributed by atoms with van der Waals surface area (Å²) in [6, 6.07) is 6.28. The number of carbonyl (C=O) groups is 1. The van der Waals surface area contributed by atoms with Gasteiger partial charge in [-0.1, -0.05) is 24.3 Å². The van der Waals surface area contributed by atoms with E-state index in [0.29, 0.717) is 12.8 Å². The molecule has 1 atom stereocenters. The van der Waals surface area contributed by atoms with Crippen LogP contribution in [0.5, 0.6) is 0 Å². The first kappa shape index (κ1) is 11.7. The Morgan fingerprint density at radius 2 is 1.87 bits per heavy atom. The molecule has 0 aromatic heterocycles. The first-order valence-electron chi connectivity index (χ1n) is 4.75. The number of rotatable bonds is 5. The van der Waals surface area contributed by atoms with E-state index in [-0.39, 0.29) is 6.67 Å². The standard InChI is InChI=1S/C11H14FNO2/c12-6-5-8-1-3-9(4-2-8)7-10(13)11(14)15/h1-4,10H,5-7,13H2,(H,14,15)/i12-1. The van der Waals surface area contributed by atoms with Crippen molar-refractivity contribution in [1.29, 1.82) is 0 Å². The van der Waals surface area contributed by atoms with Gasteiger partial charge >= 0.3 is 5.97 Å². The molecule has 0 aliphatic heterocycles. The minimum Gasteiger partial charge on any atom is -0.480 e. The number of aliphatic carboxylic acids is 1. The van der Waals surface area contributed by atoms with Gasteiger partial charge in [-0.2, -0.15) is 0 Å². The van der Waals surface area contributed by atoms with Crippen LogP contribution in [0.4, 0.5) is 4.39 Å². The maximum atomic E-state index is 12.0. The molecule has 0 aliphatic carbocycles. The van der Waals surface area contributed by atoms with Crippen molar-refractivity contribution in [2.45, 2.75) is 18.9 Å². The SMILES string of the molecule is NC(Cc1ccc(CC[18F])cc1)C(=O)O. The lowest BCUT2D eigenvalue weighted by Crippen LogP contribution is -2.32. The molecular weight excluding hydrogens is 196 g/mol. The van der Waals surface area contributed by atoms with Gasteiger partial charge in [0.2, 0.25) is 0 Å². The van der Waals surface area contributed by atoms with Crippen LogP contribution >= 0.6 is 0 Å². The van der Waals surface area contributed by atoms with E-state index in [2.05, 4.69) is 0 Å². The van der Waals surface area contributed by atoms with Crippen LogP contribution in [0, 0.1) is 0 Å². The van der Waals surface area contributed by atoms with E-state index in [1.807, 2.05) is 0 Å². The lowest BCUT2D eigenvalue weighted by Gasteiger charge is -2.06. The fourth-order valence-corrected chi connectivity index (χ4v) is 1.29. The molecule has 0 saturated heterocycles. The largest absolute Gasteiger partial charge is 0.480 e. The number of hydrogen-bond acceptors (Lipinski definition) is 2. The minimum atomic E-state index is -1.01. The second-order valence-electron chi connectivity index (χ2n) is 3.40. The van der Waals surface area contributed by atoms with Crippen LogP contribution in [0.2, 0.25) is 0 Å². The monoisotopic (exact) mass is 210 g/mol. The van der Waals surface area contributed by atoms with E-state index in [1.165, 1.54) is 0 Å². The topological polar surface area (TPSA) is 63.3 Å². The van der Waals surface area contributed by atoms with Gasteiger partial charge < -0.3 is 10.8 Å². The molecule has 0 aliphatic rings. The maximum Gasteiger partial charge on any atom is 0.320 e. The number of alkyl halides is 1. The molecule has 1 aromatic carbocycles. The summed E-state index contributed by atoms with van der Waals surface area (Å²) < 4.78 is 12.0.